The molecule has 2 aromatic carbocycles. The minimum Gasteiger partial charge on any atom is -0.482 e. The van der Waals surface area contributed by atoms with Gasteiger partial charge in [-0.05, 0) is 41.3 Å². The number of hydrogen-bond donors (Lipinski definition) is 1. The first kappa shape index (κ1) is 22.5. The molecule has 1 N–H and O–H groups in total. The third kappa shape index (κ3) is 5.90. The summed E-state index contributed by atoms with van der Waals surface area (Å²) >= 11 is 0. The first-order valence-electron chi connectivity index (χ1n) is 10.5. The van der Waals surface area contributed by atoms with E-state index in [1.54, 1.807) is 24.3 Å². The topological polar surface area (TPSA) is 71.1 Å². The molecule has 1 saturated heterocycles. The summed E-state index contributed by atoms with van der Waals surface area (Å²) in [4.78, 5) is 28.0. The van der Waals surface area contributed by atoms with Gasteiger partial charge in [-0.3, -0.25) is 0 Å². The molecule has 7 heteroatoms. The molecule has 3 rings (SSSR count). The summed E-state index contributed by atoms with van der Waals surface area (Å²) in [5, 5.41) is 2.93. The van der Waals surface area contributed by atoms with Gasteiger partial charge in [0.2, 0.25) is 0 Å². The summed E-state index contributed by atoms with van der Waals surface area (Å²) in [6.07, 6.45) is 0. The van der Waals surface area contributed by atoms with Crippen LogP contribution in [0, 0.1) is 0 Å². The molecule has 31 heavy (non-hydrogen) atoms. The SMILES string of the molecule is COC(=O)COc1ccc(NC(=O)N2CCN(c3ccccc3C(C)(C)C)CC2)cc1.[HH]. The summed E-state index contributed by atoms with van der Waals surface area (Å²) in [5.74, 6) is 0.0937. The molecule has 0 saturated carbocycles. The Kier molecular flexibility index (Phi) is 7.05. The fourth-order valence-corrected chi connectivity index (χ4v) is 3.57. The molecule has 2 amide bonds. The summed E-state index contributed by atoms with van der Waals surface area (Å²) in [7, 11) is 1.31. The van der Waals surface area contributed by atoms with Crippen molar-refractivity contribution < 1.29 is 20.5 Å². The van der Waals surface area contributed by atoms with Gasteiger partial charge < -0.3 is 24.6 Å². The van der Waals surface area contributed by atoms with Crippen molar-refractivity contribution in [3.63, 3.8) is 0 Å². The molecule has 0 unspecified atom stereocenters. The molecule has 1 fully saturated rings. The zero-order chi connectivity index (χ0) is 22.4. The number of urea groups is 1. The quantitative estimate of drug-likeness (QED) is 0.727. The minimum absolute atomic E-state index is 0. The van der Waals surface area contributed by atoms with Crippen LogP contribution in [-0.2, 0) is 14.9 Å². The van der Waals surface area contributed by atoms with E-state index in [1.165, 1.54) is 18.4 Å². The van der Waals surface area contributed by atoms with Gasteiger partial charge in [0.25, 0.3) is 0 Å². The van der Waals surface area contributed by atoms with Crippen molar-refractivity contribution in [2.24, 2.45) is 0 Å². The molecule has 1 aliphatic rings. The molecule has 0 aromatic heterocycles. The second kappa shape index (κ2) is 9.73. The summed E-state index contributed by atoms with van der Waals surface area (Å²) in [6, 6.07) is 15.3. The van der Waals surface area contributed by atoms with Crippen molar-refractivity contribution >= 4 is 23.4 Å². The maximum atomic E-state index is 12.7. The second-order valence-corrected chi connectivity index (χ2v) is 8.56. The number of nitrogens with zero attached hydrogens (tertiary/aromatic N) is 2. The van der Waals surface area contributed by atoms with Crippen LogP contribution in [0.3, 0.4) is 0 Å². The van der Waals surface area contributed by atoms with E-state index in [0.717, 1.165) is 13.1 Å². The van der Waals surface area contributed by atoms with Gasteiger partial charge in [0.1, 0.15) is 5.75 Å². The Bertz CT molecular complexity index is 904. The Morgan fingerprint density at radius 1 is 1.00 bits per heavy atom. The molecule has 0 bridgehead atoms. The van der Waals surface area contributed by atoms with Crippen LogP contribution in [0.1, 0.15) is 27.8 Å². The standard InChI is InChI=1S/C24H31N3O4.H2/c1-24(2,3)20-7-5-6-8-21(20)26-13-15-27(16-14-26)23(29)25-18-9-11-19(12-10-18)31-17-22(28)30-4;/h5-12H,13-17H2,1-4H3,(H,25,29);1H. The van der Waals surface area contributed by atoms with Gasteiger partial charge in [-0.1, -0.05) is 39.0 Å². The lowest BCUT2D eigenvalue weighted by atomic mass is 9.85. The maximum Gasteiger partial charge on any atom is 0.343 e. The van der Waals surface area contributed by atoms with Crippen molar-refractivity contribution in [1.82, 2.24) is 4.90 Å². The lowest BCUT2D eigenvalue weighted by molar-refractivity contribution is -0.142. The smallest absolute Gasteiger partial charge is 0.343 e. The number of nitrogens with one attached hydrogen (secondary N) is 1. The predicted octanol–water partition coefficient (Wildman–Crippen LogP) is 4.14. The average Bonchev–Trinajstić information content (AvgIpc) is 2.78. The highest BCUT2D eigenvalue weighted by Crippen LogP contribution is 2.32. The number of carbonyl (C=O) groups is 2. The van der Waals surface area contributed by atoms with Crippen molar-refractivity contribution in [3.8, 4) is 5.75 Å². The van der Waals surface area contributed by atoms with Crippen LogP contribution >= 0.6 is 0 Å². The molecule has 0 atom stereocenters. The number of carbonyl (C=O) groups excluding carboxylic acids is 2. The first-order valence-corrected chi connectivity index (χ1v) is 10.5. The van der Waals surface area contributed by atoms with Crippen LogP contribution in [0.4, 0.5) is 16.2 Å². The number of rotatable bonds is 5. The highest BCUT2D eigenvalue weighted by molar-refractivity contribution is 5.89. The Balaban J connectivity index is 0.00000363. The Morgan fingerprint density at radius 2 is 1.65 bits per heavy atom. The first-order chi connectivity index (χ1) is 14.8. The zero-order valence-electron chi connectivity index (χ0n) is 18.7. The molecule has 0 radical (unpaired) electrons. The molecule has 7 nitrogen and oxygen atoms in total. The molecule has 1 heterocycles. The van der Waals surface area contributed by atoms with Gasteiger partial charge in [0, 0.05) is 39.0 Å². The van der Waals surface area contributed by atoms with E-state index in [0.29, 0.717) is 24.5 Å². The highest BCUT2D eigenvalue weighted by Gasteiger charge is 2.25. The Labute approximate surface area is 185 Å². The van der Waals surface area contributed by atoms with Gasteiger partial charge >= 0.3 is 12.0 Å². The molecule has 0 aliphatic carbocycles. The summed E-state index contributed by atoms with van der Waals surface area (Å²) < 4.78 is 9.86. The van der Waals surface area contributed by atoms with Crippen LogP contribution in [0.15, 0.2) is 48.5 Å². The van der Waals surface area contributed by atoms with Gasteiger partial charge in [-0.2, -0.15) is 0 Å². The van der Waals surface area contributed by atoms with E-state index < -0.39 is 5.97 Å². The van der Waals surface area contributed by atoms with E-state index in [2.05, 4.69) is 60.0 Å². The van der Waals surface area contributed by atoms with Crippen LogP contribution in [0.5, 0.6) is 5.75 Å². The molecular formula is C24H33N3O4. The molecular weight excluding hydrogens is 394 g/mol. The summed E-state index contributed by atoms with van der Waals surface area (Å²) in [6.45, 7) is 9.42. The molecule has 168 valence electrons. The van der Waals surface area contributed by atoms with Crippen molar-refractivity contribution in [1.29, 1.82) is 0 Å². The predicted molar refractivity (Wildman–Crippen MR) is 124 cm³/mol. The number of para-hydroxylation sites is 1. The summed E-state index contributed by atoms with van der Waals surface area (Å²) in [5.41, 5.74) is 3.31. The number of piperazine rings is 1. The van der Waals surface area contributed by atoms with Gasteiger partial charge in [0.05, 0.1) is 7.11 Å². The number of benzene rings is 2. The van der Waals surface area contributed by atoms with Crippen LogP contribution in [0.2, 0.25) is 0 Å². The van der Waals surface area contributed by atoms with Gasteiger partial charge in [-0.15, -0.1) is 0 Å². The van der Waals surface area contributed by atoms with E-state index in [1.807, 2.05) is 4.90 Å². The Hall–Kier alpha value is -3.22. The average molecular weight is 428 g/mol. The van der Waals surface area contributed by atoms with Crippen molar-refractivity contribution in [2.75, 3.05) is 50.1 Å². The Morgan fingerprint density at radius 3 is 2.26 bits per heavy atom. The lowest BCUT2D eigenvalue weighted by Crippen LogP contribution is -2.50. The largest absolute Gasteiger partial charge is 0.482 e. The van der Waals surface area contributed by atoms with Gasteiger partial charge in [0.15, 0.2) is 6.61 Å². The van der Waals surface area contributed by atoms with E-state index in [4.69, 9.17) is 4.74 Å². The van der Waals surface area contributed by atoms with Crippen LogP contribution < -0.4 is 15.0 Å². The molecule has 1 aliphatic heterocycles. The monoisotopic (exact) mass is 427 g/mol. The van der Waals surface area contributed by atoms with E-state index in [9.17, 15) is 9.59 Å². The number of hydrogen-bond acceptors (Lipinski definition) is 5. The van der Waals surface area contributed by atoms with E-state index >= 15 is 0 Å². The molecule has 0 spiro atoms. The third-order valence-electron chi connectivity index (χ3n) is 5.31. The number of anilines is 2. The number of methoxy groups -OCH3 is 1. The van der Waals surface area contributed by atoms with Crippen LogP contribution in [-0.4, -0.2) is 56.8 Å². The number of esters is 1. The second-order valence-electron chi connectivity index (χ2n) is 8.56. The van der Waals surface area contributed by atoms with Crippen LogP contribution in [0.25, 0.3) is 0 Å². The van der Waals surface area contributed by atoms with Gasteiger partial charge in [-0.25, -0.2) is 9.59 Å². The fourth-order valence-electron chi connectivity index (χ4n) is 3.57. The minimum atomic E-state index is -0.443. The number of ether oxygens (including phenoxy) is 2. The maximum absolute atomic E-state index is 12.7. The third-order valence-corrected chi connectivity index (χ3v) is 5.31. The number of amides is 2. The lowest BCUT2D eigenvalue weighted by Gasteiger charge is -2.38. The molecule has 2 aromatic rings. The normalized spacial score (nSPS) is 14.2. The van der Waals surface area contributed by atoms with Crippen molar-refractivity contribution in [3.05, 3.63) is 54.1 Å². The van der Waals surface area contributed by atoms with Crippen molar-refractivity contribution in [2.45, 2.75) is 26.2 Å². The van der Waals surface area contributed by atoms with E-state index in [-0.39, 0.29) is 19.5 Å². The fraction of sp³-hybridized carbons (Fsp3) is 0.417. The highest BCUT2D eigenvalue weighted by atomic mass is 16.6. The zero-order valence-corrected chi connectivity index (χ0v) is 18.7.